The highest BCUT2D eigenvalue weighted by atomic mass is 32.1. The Bertz CT molecular complexity index is 2190. The van der Waals surface area contributed by atoms with Gasteiger partial charge in [-0.3, -0.25) is 9.36 Å². The van der Waals surface area contributed by atoms with Crippen LogP contribution in [0.4, 0.5) is 0 Å². The van der Waals surface area contributed by atoms with Gasteiger partial charge < -0.3 is 14.2 Å². The lowest BCUT2D eigenvalue weighted by atomic mass is 9.95. The molecule has 0 radical (unpaired) electrons. The van der Waals surface area contributed by atoms with E-state index in [1.165, 1.54) is 29.1 Å². The fourth-order valence-corrected chi connectivity index (χ4v) is 6.39. The molecule has 10 nitrogen and oxygen atoms in total. The van der Waals surface area contributed by atoms with Crippen LogP contribution in [0.2, 0.25) is 0 Å². The summed E-state index contributed by atoms with van der Waals surface area (Å²) in [5.41, 5.74) is 4.31. The van der Waals surface area contributed by atoms with E-state index >= 15 is 0 Å². The van der Waals surface area contributed by atoms with E-state index in [2.05, 4.69) is 11.6 Å². The van der Waals surface area contributed by atoms with Crippen molar-refractivity contribution in [3.05, 3.63) is 145 Å². The molecule has 6 rings (SSSR count). The number of aromatic nitrogens is 3. The standard InChI is InChI=1S/C36H30N4O6S/c1-5-19-46-35(43)30-22(2)37-36-40(32(30)24-11-13-25(14-12-24)34(42)45-4)33(41)29(47-36)20-26-21-39(27-9-7-6-8-10-27)38-31(26)23-15-17-28(44-3)18-16-23/h5-18,20-21,32H,1,19H2,2-4H3/b29-20-. The second kappa shape index (κ2) is 13.3. The van der Waals surface area contributed by atoms with Crippen molar-refractivity contribution >= 4 is 29.4 Å². The normalized spacial score (nSPS) is 14.3. The van der Waals surface area contributed by atoms with E-state index in [1.807, 2.05) is 60.8 Å². The molecule has 3 heterocycles. The molecule has 236 valence electrons. The van der Waals surface area contributed by atoms with Crippen molar-refractivity contribution in [2.45, 2.75) is 13.0 Å². The summed E-state index contributed by atoms with van der Waals surface area (Å²) in [4.78, 5) is 44.9. The van der Waals surface area contributed by atoms with Gasteiger partial charge in [-0.25, -0.2) is 19.3 Å². The van der Waals surface area contributed by atoms with Crippen LogP contribution in [0.1, 0.15) is 34.5 Å². The molecule has 1 aliphatic heterocycles. The van der Waals surface area contributed by atoms with Gasteiger partial charge in [0.15, 0.2) is 4.80 Å². The molecule has 0 aliphatic carbocycles. The molecule has 47 heavy (non-hydrogen) atoms. The van der Waals surface area contributed by atoms with Crippen molar-refractivity contribution in [1.29, 1.82) is 0 Å². The van der Waals surface area contributed by atoms with Gasteiger partial charge >= 0.3 is 11.9 Å². The Balaban J connectivity index is 1.53. The van der Waals surface area contributed by atoms with Crippen LogP contribution < -0.4 is 19.6 Å². The first kappa shape index (κ1) is 31.2. The van der Waals surface area contributed by atoms with E-state index in [0.717, 1.165) is 11.3 Å². The number of allylic oxidation sites excluding steroid dienone is 1. The minimum absolute atomic E-state index is 0.00638. The molecule has 0 fully saturated rings. The maximum Gasteiger partial charge on any atom is 0.338 e. The summed E-state index contributed by atoms with van der Waals surface area (Å²) in [5, 5.41) is 4.88. The van der Waals surface area contributed by atoms with Gasteiger partial charge in [0, 0.05) is 17.3 Å². The average Bonchev–Trinajstić information content (AvgIpc) is 3.67. The molecule has 0 bridgehead atoms. The zero-order valence-electron chi connectivity index (χ0n) is 25.9. The second-order valence-corrected chi connectivity index (χ2v) is 11.5. The summed E-state index contributed by atoms with van der Waals surface area (Å²) in [5.74, 6) is -0.404. The molecule has 0 saturated heterocycles. The van der Waals surface area contributed by atoms with E-state index in [9.17, 15) is 14.4 Å². The number of esters is 2. The number of carbonyl (C=O) groups is 2. The molecular weight excluding hydrogens is 616 g/mol. The molecule has 11 heteroatoms. The van der Waals surface area contributed by atoms with Crippen molar-refractivity contribution in [2.75, 3.05) is 20.8 Å². The van der Waals surface area contributed by atoms with Crippen LogP contribution in [0.3, 0.4) is 0 Å². The number of thiazole rings is 1. The number of rotatable bonds is 9. The predicted molar refractivity (Wildman–Crippen MR) is 178 cm³/mol. The van der Waals surface area contributed by atoms with Crippen LogP contribution in [-0.4, -0.2) is 47.1 Å². The first-order chi connectivity index (χ1) is 22.8. The van der Waals surface area contributed by atoms with E-state index in [-0.39, 0.29) is 17.7 Å². The molecule has 5 aromatic rings. The third-order valence-corrected chi connectivity index (χ3v) is 8.62. The monoisotopic (exact) mass is 646 g/mol. The molecule has 2 aromatic heterocycles. The van der Waals surface area contributed by atoms with Crippen molar-refractivity contribution in [3.8, 4) is 22.7 Å². The number of carbonyl (C=O) groups excluding carboxylic acids is 2. The Labute approximate surface area is 273 Å². The number of nitrogens with zero attached hydrogens (tertiary/aromatic N) is 4. The minimum atomic E-state index is -0.856. The van der Waals surface area contributed by atoms with Crippen molar-refractivity contribution in [3.63, 3.8) is 0 Å². The van der Waals surface area contributed by atoms with Gasteiger partial charge in [0.2, 0.25) is 0 Å². The highest BCUT2D eigenvalue weighted by Gasteiger charge is 2.33. The molecule has 1 unspecified atom stereocenters. The van der Waals surface area contributed by atoms with Gasteiger partial charge in [0.05, 0.1) is 47.3 Å². The molecule has 0 saturated carbocycles. The quantitative estimate of drug-likeness (QED) is 0.170. The fourth-order valence-electron chi connectivity index (χ4n) is 5.35. The Hall–Kier alpha value is -5.81. The summed E-state index contributed by atoms with van der Waals surface area (Å²) >= 11 is 1.21. The number of benzene rings is 3. The Morgan fingerprint density at radius 1 is 0.979 bits per heavy atom. The molecule has 1 atom stereocenters. The average molecular weight is 647 g/mol. The topological polar surface area (TPSA) is 114 Å². The fraction of sp³-hybridized carbons (Fsp3) is 0.139. The molecule has 1 aliphatic rings. The van der Waals surface area contributed by atoms with Gasteiger partial charge in [-0.2, -0.15) is 5.10 Å². The zero-order valence-corrected chi connectivity index (χ0v) is 26.7. The first-order valence-electron chi connectivity index (χ1n) is 14.6. The summed E-state index contributed by atoms with van der Waals surface area (Å²) in [7, 11) is 2.91. The lowest BCUT2D eigenvalue weighted by Crippen LogP contribution is -2.40. The third kappa shape index (κ3) is 6.08. The smallest absolute Gasteiger partial charge is 0.338 e. The van der Waals surface area contributed by atoms with Crippen LogP contribution in [0.5, 0.6) is 5.75 Å². The summed E-state index contributed by atoms with van der Waals surface area (Å²) in [6, 6.07) is 23.0. The van der Waals surface area contributed by atoms with Gasteiger partial charge in [-0.15, -0.1) is 0 Å². The van der Waals surface area contributed by atoms with E-state index < -0.39 is 18.0 Å². The van der Waals surface area contributed by atoms with Crippen LogP contribution in [-0.2, 0) is 14.3 Å². The predicted octanol–water partition coefficient (Wildman–Crippen LogP) is 4.61. The summed E-state index contributed by atoms with van der Waals surface area (Å²) < 4.78 is 19.3. The second-order valence-electron chi connectivity index (χ2n) is 10.5. The van der Waals surface area contributed by atoms with Crippen molar-refractivity contribution < 1.29 is 23.8 Å². The maximum atomic E-state index is 14.3. The van der Waals surface area contributed by atoms with Gasteiger partial charge in [-0.05, 0) is 67.1 Å². The van der Waals surface area contributed by atoms with Crippen LogP contribution in [0.15, 0.2) is 119 Å². The SMILES string of the molecule is C=CCOC(=O)C1=C(C)N=c2s/c(=C\c3cn(-c4ccccc4)nc3-c3ccc(OC)cc3)c(=O)n2C1c1ccc(C(=O)OC)cc1. The number of fused-ring (bicyclic) bond motifs is 1. The largest absolute Gasteiger partial charge is 0.497 e. The van der Waals surface area contributed by atoms with E-state index in [1.54, 1.807) is 49.1 Å². The lowest BCUT2D eigenvalue weighted by Gasteiger charge is -2.24. The van der Waals surface area contributed by atoms with Crippen LogP contribution >= 0.6 is 11.3 Å². The molecule has 3 aromatic carbocycles. The van der Waals surface area contributed by atoms with E-state index in [4.69, 9.17) is 19.3 Å². The molecule has 0 spiro atoms. The number of methoxy groups -OCH3 is 2. The van der Waals surface area contributed by atoms with Crippen LogP contribution in [0, 0.1) is 0 Å². The number of para-hydroxylation sites is 1. The maximum absolute atomic E-state index is 14.3. The molecular formula is C36H30N4O6S. The van der Waals surface area contributed by atoms with Gasteiger partial charge in [0.25, 0.3) is 5.56 Å². The molecule has 0 N–H and O–H groups in total. The van der Waals surface area contributed by atoms with Crippen LogP contribution in [0.25, 0.3) is 23.0 Å². The number of ether oxygens (including phenoxy) is 3. The third-order valence-electron chi connectivity index (χ3n) is 7.63. The van der Waals surface area contributed by atoms with Crippen molar-refractivity contribution in [1.82, 2.24) is 14.3 Å². The Kier molecular flexibility index (Phi) is 8.81. The Morgan fingerprint density at radius 2 is 1.70 bits per heavy atom. The lowest BCUT2D eigenvalue weighted by molar-refractivity contribution is -0.138. The molecule has 0 amide bonds. The Morgan fingerprint density at radius 3 is 2.36 bits per heavy atom. The minimum Gasteiger partial charge on any atom is -0.497 e. The van der Waals surface area contributed by atoms with Crippen molar-refractivity contribution in [2.24, 2.45) is 4.99 Å². The highest BCUT2D eigenvalue weighted by molar-refractivity contribution is 7.07. The number of hydrogen-bond acceptors (Lipinski definition) is 9. The number of hydrogen-bond donors (Lipinski definition) is 0. The van der Waals surface area contributed by atoms with Gasteiger partial charge in [-0.1, -0.05) is 54.3 Å². The zero-order chi connectivity index (χ0) is 33.1. The summed E-state index contributed by atoms with van der Waals surface area (Å²) in [6.07, 6.45) is 5.14. The van der Waals surface area contributed by atoms with E-state index in [0.29, 0.717) is 43.2 Å². The van der Waals surface area contributed by atoms with Gasteiger partial charge in [0.1, 0.15) is 18.1 Å². The summed E-state index contributed by atoms with van der Waals surface area (Å²) in [6.45, 7) is 5.33. The first-order valence-corrected chi connectivity index (χ1v) is 15.4. The highest BCUT2D eigenvalue weighted by Crippen LogP contribution is 2.31.